The lowest BCUT2D eigenvalue weighted by Crippen LogP contribution is -2.50. The first-order valence-electron chi connectivity index (χ1n) is 5.14. The maximum atomic E-state index is 11.3. The van der Waals surface area contributed by atoms with Gasteiger partial charge in [0.25, 0.3) is 0 Å². The van der Waals surface area contributed by atoms with Crippen molar-refractivity contribution < 1.29 is 9.59 Å². The maximum Gasteiger partial charge on any atom is 0.229 e. The maximum absolute atomic E-state index is 11.3. The van der Waals surface area contributed by atoms with E-state index < -0.39 is 5.54 Å². The number of likely N-dealkylation sites (tertiary alicyclic amines) is 1. The van der Waals surface area contributed by atoms with Crippen molar-refractivity contribution in [3.05, 3.63) is 0 Å². The summed E-state index contributed by atoms with van der Waals surface area (Å²) in [4.78, 5) is 24.0. The first-order valence-corrected chi connectivity index (χ1v) is 5.14. The fourth-order valence-corrected chi connectivity index (χ4v) is 1.59. The van der Waals surface area contributed by atoms with Crippen LogP contribution in [0.2, 0.25) is 0 Å². The summed E-state index contributed by atoms with van der Waals surface area (Å²) < 4.78 is 0. The minimum absolute atomic E-state index is 0.0771. The van der Waals surface area contributed by atoms with Crippen LogP contribution in [-0.4, -0.2) is 28.8 Å². The van der Waals surface area contributed by atoms with Crippen molar-refractivity contribution in [3.63, 3.8) is 0 Å². The lowest BCUT2D eigenvalue weighted by Gasteiger charge is -2.30. The first-order chi connectivity index (χ1) is 6.52. The largest absolute Gasteiger partial charge is 0.324 e. The van der Waals surface area contributed by atoms with Crippen molar-refractivity contribution in [2.45, 2.75) is 45.1 Å². The SMILES string of the molecule is CCC(N)(CC)CN1C(=O)CCC1=O. The number of nitrogens with zero attached hydrogens (tertiary/aromatic N) is 1. The summed E-state index contributed by atoms with van der Waals surface area (Å²) in [5, 5.41) is 0. The highest BCUT2D eigenvalue weighted by atomic mass is 16.2. The van der Waals surface area contributed by atoms with Crippen molar-refractivity contribution in [2.75, 3.05) is 6.54 Å². The van der Waals surface area contributed by atoms with Gasteiger partial charge in [0.1, 0.15) is 0 Å². The number of nitrogens with two attached hydrogens (primary N) is 1. The van der Waals surface area contributed by atoms with Gasteiger partial charge in [-0.05, 0) is 12.8 Å². The topological polar surface area (TPSA) is 63.4 Å². The van der Waals surface area contributed by atoms with Crippen molar-refractivity contribution in [2.24, 2.45) is 5.73 Å². The highest BCUT2D eigenvalue weighted by Gasteiger charge is 2.34. The monoisotopic (exact) mass is 198 g/mol. The van der Waals surface area contributed by atoms with Crippen molar-refractivity contribution >= 4 is 11.8 Å². The van der Waals surface area contributed by atoms with E-state index in [0.717, 1.165) is 12.8 Å². The fourth-order valence-electron chi connectivity index (χ4n) is 1.59. The Labute approximate surface area is 84.4 Å². The number of hydrogen-bond donors (Lipinski definition) is 1. The molecule has 0 radical (unpaired) electrons. The zero-order valence-electron chi connectivity index (χ0n) is 8.88. The molecule has 2 N–H and O–H groups in total. The predicted molar refractivity (Wildman–Crippen MR) is 53.5 cm³/mol. The molecule has 0 spiro atoms. The van der Waals surface area contributed by atoms with Crippen LogP contribution in [0.1, 0.15) is 39.5 Å². The molecule has 1 saturated heterocycles. The number of hydrogen-bond acceptors (Lipinski definition) is 3. The first kappa shape index (κ1) is 11.2. The second-order valence-electron chi connectivity index (χ2n) is 3.94. The molecule has 1 fully saturated rings. The third-order valence-electron chi connectivity index (χ3n) is 3.04. The standard InChI is InChI=1S/C10H18N2O2/c1-3-10(11,4-2)7-12-8(13)5-6-9(12)14/h3-7,11H2,1-2H3. The molecule has 0 bridgehead atoms. The second-order valence-corrected chi connectivity index (χ2v) is 3.94. The highest BCUT2D eigenvalue weighted by Crippen LogP contribution is 2.19. The van der Waals surface area contributed by atoms with Crippen molar-refractivity contribution in [3.8, 4) is 0 Å². The van der Waals surface area contributed by atoms with Gasteiger partial charge in [-0.3, -0.25) is 14.5 Å². The van der Waals surface area contributed by atoms with Gasteiger partial charge < -0.3 is 5.73 Å². The molecule has 4 heteroatoms. The molecule has 4 nitrogen and oxygen atoms in total. The van der Waals surface area contributed by atoms with Crippen LogP contribution in [0, 0.1) is 0 Å². The minimum Gasteiger partial charge on any atom is -0.324 e. The zero-order chi connectivity index (χ0) is 10.8. The summed E-state index contributed by atoms with van der Waals surface area (Å²) >= 11 is 0. The van der Waals surface area contributed by atoms with E-state index in [-0.39, 0.29) is 11.8 Å². The van der Waals surface area contributed by atoms with E-state index in [1.807, 2.05) is 13.8 Å². The molecule has 0 saturated carbocycles. The number of rotatable bonds is 4. The second kappa shape index (κ2) is 4.09. The van der Waals surface area contributed by atoms with Gasteiger partial charge in [-0.25, -0.2) is 0 Å². The van der Waals surface area contributed by atoms with Crippen LogP contribution in [0.3, 0.4) is 0 Å². The van der Waals surface area contributed by atoms with Gasteiger partial charge in [-0.2, -0.15) is 0 Å². The molecule has 1 aliphatic rings. The van der Waals surface area contributed by atoms with E-state index in [9.17, 15) is 9.59 Å². The Bertz CT molecular complexity index is 231. The Morgan fingerprint density at radius 2 is 1.64 bits per heavy atom. The normalized spacial score (nSPS) is 18.1. The van der Waals surface area contributed by atoms with Gasteiger partial charge in [0.05, 0.1) is 0 Å². The Morgan fingerprint density at radius 3 is 2.00 bits per heavy atom. The van der Waals surface area contributed by atoms with Gasteiger partial charge in [0.2, 0.25) is 11.8 Å². The molecular formula is C10H18N2O2. The molecule has 0 aliphatic carbocycles. The third kappa shape index (κ3) is 2.12. The van der Waals surface area contributed by atoms with Crippen LogP contribution in [0.25, 0.3) is 0 Å². The molecule has 1 rings (SSSR count). The minimum atomic E-state index is -0.407. The van der Waals surface area contributed by atoms with Gasteiger partial charge in [-0.15, -0.1) is 0 Å². The van der Waals surface area contributed by atoms with Crippen molar-refractivity contribution in [1.82, 2.24) is 4.90 Å². The predicted octanol–water partition coefficient (Wildman–Crippen LogP) is 0.653. The Morgan fingerprint density at radius 1 is 1.21 bits per heavy atom. The van der Waals surface area contributed by atoms with Crippen LogP contribution in [0.4, 0.5) is 0 Å². The molecule has 0 aromatic heterocycles. The molecule has 2 amide bonds. The molecule has 14 heavy (non-hydrogen) atoms. The van der Waals surface area contributed by atoms with E-state index in [0.29, 0.717) is 19.4 Å². The highest BCUT2D eigenvalue weighted by molar-refractivity contribution is 6.02. The molecular weight excluding hydrogens is 180 g/mol. The van der Waals surface area contributed by atoms with Crippen LogP contribution >= 0.6 is 0 Å². The zero-order valence-corrected chi connectivity index (χ0v) is 8.88. The van der Waals surface area contributed by atoms with E-state index in [2.05, 4.69) is 0 Å². The molecule has 1 aliphatic heterocycles. The lowest BCUT2D eigenvalue weighted by molar-refractivity contribution is -0.139. The summed E-state index contributed by atoms with van der Waals surface area (Å²) in [5.74, 6) is -0.154. The molecule has 80 valence electrons. The van der Waals surface area contributed by atoms with Crippen molar-refractivity contribution in [1.29, 1.82) is 0 Å². The van der Waals surface area contributed by atoms with Gasteiger partial charge >= 0.3 is 0 Å². The summed E-state index contributed by atoms with van der Waals surface area (Å²) in [5.41, 5.74) is 5.65. The van der Waals surface area contributed by atoms with Crippen LogP contribution in [-0.2, 0) is 9.59 Å². The average molecular weight is 198 g/mol. The lowest BCUT2D eigenvalue weighted by atomic mass is 9.94. The number of amides is 2. The van der Waals surface area contributed by atoms with E-state index in [4.69, 9.17) is 5.73 Å². The summed E-state index contributed by atoms with van der Waals surface area (Å²) in [6, 6.07) is 0. The van der Waals surface area contributed by atoms with Crippen LogP contribution in [0.5, 0.6) is 0 Å². The molecule has 0 aromatic rings. The van der Waals surface area contributed by atoms with Gasteiger partial charge in [-0.1, -0.05) is 13.8 Å². The Hall–Kier alpha value is -0.900. The number of carbonyl (C=O) groups is 2. The Balaban J connectivity index is 2.66. The average Bonchev–Trinajstić information content (AvgIpc) is 2.49. The fraction of sp³-hybridized carbons (Fsp3) is 0.800. The molecule has 0 aromatic carbocycles. The summed E-state index contributed by atoms with van der Waals surface area (Å²) in [6.45, 7) is 4.33. The van der Waals surface area contributed by atoms with Crippen LogP contribution in [0.15, 0.2) is 0 Å². The smallest absolute Gasteiger partial charge is 0.229 e. The van der Waals surface area contributed by atoms with Gasteiger partial charge in [0, 0.05) is 24.9 Å². The third-order valence-corrected chi connectivity index (χ3v) is 3.04. The summed E-state index contributed by atoms with van der Waals surface area (Å²) in [7, 11) is 0. The van der Waals surface area contributed by atoms with E-state index in [1.165, 1.54) is 4.90 Å². The Kier molecular flexibility index (Phi) is 3.26. The molecule has 0 unspecified atom stereocenters. The van der Waals surface area contributed by atoms with E-state index >= 15 is 0 Å². The van der Waals surface area contributed by atoms with Crippen LogP contribution < -0.4 is 5.73 Å². The number of carbonyl (C=O) groups excluding carboxylic acids is 2. The number of imide groups is 1. The quantitative estimate of drug-likeness (QED) is 0.675. The molecule has 1 heterocycles. The molecule has 0 atom stereocenters. The summed E-state index contributed by atoms with van der Waals surface area (Å²) in [6.07, 6.45) is 2.26. The van der Waals surface area contributed by atoms with E-state index in [1.54, 1.807) is 0 Å². The van der Waals surface area contributed by atoms with Gasteiger partial charge in [0.15, 0.2) is 0 Å².